The predicted molar refractivity (Wildman–Crippen MR) is 117 cm³/mol. The Morgan fingerprint density at radius 2 is 1.77 bits per heavy atom. The SMILES string of the molecule is C=CCN(CC(=O)N(Cc1ccccc1)Cc1ccco1)C(=O)c1cccc(Cl)c1. The standard InChI is InChI=1S/C24H23ClN2O3/c1-2-13-26(24(29)20-10-6-11-21(25)15-20)18-23(28)27(17-22-12-7-14-30-22)16-19-8-4-3-5-9-19/h2-12,14-15H,1,13,16-18H2. The summed E-state index contributed by atoms with van der Waals surface area (Å²) >= 11 is 6.02. The maximum atomic E-state index is 13.2. The first-order valence-electron chi connectivity index (χ1n) is 9.56. The van der Waals surface area contributed by atoms with Crippen molar-refractivity contribution < 1.29 is 14.0 Å². The van der Waals surface area contributed by atoms with Crippen LogP contribution in [0.15, 0.2) is 90.1 Å². The van der Waals surface area contributed by atoms with Crippen LogP contribution in [-0.4, -0.2) is 34.7 Å². The lowest BCUT2D eigenvalue weighted by Crippen LogP contribution is -2.42. The second-order valence-electron chi connectivity index (χ2n) is 6.80. The minimum Gasteiger partial charge on any atom is -0.467 e. The summed E-state index contributed by atoms with van der Waals surface area (Å²) in [6, 6.07) is 20.0. The first-order chi connectivity index (χ1) is 14.6. The van der Waals surface area contributed by atoms with Gasteiger partial charge in [-0.1, -0.05) is 54.1 Å². The molecule has 154 valence electrons. The van der Waals surface area contributed by atoms with E-state index in [4.69, 9.17) is 16.0 Å². The average molecular weight is 423 g/mol. The third kappa shape index (κ3) is 5.84. The molecule has 1 heterocycles. The van der Waals surface area contributed by atoms with Crippen molar-refractivity contribution in [2.75, 3.05) is 13.1 Å². The molecule has 0 spiro atoms. The van der Waals surface area contributed by atoms with Gasteiger partial charge in [0.1, 0.15) is 12.3 Å². The van der Waals surface area contributed by atoms with Crippen molar-refractivity contribution in [1.29, 1.82) is 0 Å². The minimum atomic E-state index is -0.275. The van der Waals surface area contributed by atoms with Crippen molar-refractivity contribution in [2.24, 2.45) is 0 Å². The summed E-state index contributed by atoms with van der Waals surface area (Å²) in [5.41, 5.74) is 1.42. The molecule has 3 aromatic rings. The molecule has 0 aliphatic carbocycles. The van der Waals surface area contributed by atoms with E-state index in [-0.39, 0.29) is 24.9 Å². The number of rotatable bonds is 9. The number of hydrogen-bond donors (Lipinski definition) is 0. The van der Waals surface area contributed by atoms with Crippen LogP contribution >= 0.6 is 11.6 Å². The molecule has 1 aromatic heterocycles. The van der Waals surface area contributed by atoms with Gasteiger partial charge < -0.3 is 14.2 Å². The van der Waals surface area contributed by atoms with Gasteiger partial charge in [-0.3, -0.25) is 9.59 Å². The van der Waals surface area contributed by atoms with Crippen LogP contribution in [0.4, 0.5) is 0 Å². The number of furan rings is 1. The topological polar surface area (TPSA) is 53.8 Å². The van der Waals surface area contributed by atoms with E-state index in [0.717, 1.165) is 5.56 Å². The Balaban J connectivity index is 1.78. The molecule has 0 N–H and O–H groups in total. The molecular weight excluding hydrogens is 400 g/mol. The molecule has 5 nitrogen and oxygen atoms in total. The summed E-state index contributed by atoms with van der Waals surface area (Å²) < 4.78 is 5.43. The highest BCUT2D eigenvalue weighted by Crippen LogP contribution is 2.15. The first-order valence-corrected chi connectivity index (χ1v) is 9.94. The Labute approximate surface area is 181 Å². The molecule has 0 saturated carbocycles. The number of carbonyl (C=O) groups is 2. The van der Waals surface area contributed by atoms with E-state index in [1.165, 1.54) is 4.90 Å². The van der Waals surface area contributed by atoms with Crippen LogP contribution in [-0.2, 0) is 17.9 Å². The summed E-state index contributed by atoms with van der Waals surface area (Å²) in [6.07, 6.45) is 3.18. The summed E-state index contributed by atoms with van der Waals surface area (Å²) in [7, 11) is 0. The van der Waals surface area contributed by atoms with Gasteiger partial charge in [-0.15, -0.1) is 6.58 Å². The molecular formula is C24H23ClN2O3. The van der Waals surface area contributed by atoms with E-state index in [1.54, 1.807) is 47.6 Å². The van der Waals surface area contributed by atoms with Gasteiger partial charge in [0.25, 0.3) is 5.91 Å². The molecule has 30 heavy (non-hydrogen) atoms. The van der Waals surface area contributed by atoms with Gasteiger partial charge in [0.15, 0.2) is 0 Å². The Bertz CT molecular complexity index is 987. The second-order valence-corrected chi connectivity index (χ2v) is 7.24. The molecule has 3 rings (SSSR count). The zero-order chi connectivity index (χ0) is 21.3. The third-order valence-electron chi connectivity index (χ3n) is 4.53. The van der Waals surface area contributed by atoms with Crippen LogP contribution in [0.25, 0.3) is 0 Å². The van der Waals surface area contributed by atoms with Crippen molar-refractivity contribution in [3.8, 4) is 0 Å². The van der Waals surface area contributed by atoms with Gasteiger partial charge >= 0.3 is 0 Å². The molecule has 6 heteroatoms. The summed E-state index contributed by atoms with van der Waals surface area (Å²) in [6.45, 7) is 4.61. The Hall–Kier alpha value is -3.31. The fourth-order valence-corrected chi connectivity index (χ4v) is 3.26. The number of nitrogens with zero attached hydrogens (tertiary/aromatic N) is 2. The zero-order valence-corrected chi connectivity index (χ0v) is 17.3. The summed E-state index contributed by atoms with van der Waals surface area (Å²) in [5.74, 6) is 0.214. The molecule has 0 unspecified atom stereocenters. The minimum absolute atomic E-state index is 0.0785. The fraction of sp³-hybridized carbons (Fsp3) is 0.167. The van der Waals surface area contributed by atoms with Crippen LogP contribution in [0, 0.1) is 0 Å². The van der Waals surface area contributed by atoms with Crippen LogP contribution in [0.2, 0.25) is 5.02 Å². The second kappa shape index (κ2) is 10.5. The van der Waals surface area contributed by atoms with Crippen LogP contribution < -0.4 is 0 Å². The van der Waals surface area contributed by atoms with E-state index < -0.39 is 0 Å². The van der Waals surface area contributed by atoms with E-state index >= 15 is 0 Å². The van der Waals surface area contributed by atoms with E-state index in [9.17, 15) is 9.59 Å². The lowest BCUT2D eigenvalue weighted by Gasteiger charge is -2.27. The third-order valence-corrected chi connectivity index (χ3v) is 4.77. The lowest BCUT2D eigenvalue weighted by molar-refractivity contribution is -0.133. The maximum absolute atomic E-state index is 13.2. The number of hydrogen-bond acceptors (Lipinski definition) is 3. The zero-order valence-electron chi connectivity index (χ0n) is 16.5. The molecule has 0 aliphatic rings. The highest BCUT2D eigenvalue weighted by molar-refractivity contribution is 6.31. The molecule has 2 amide bonds. The molecule has 2 aromatic carbocycles. The first kappa shape index (κ1) is 21.4. The van der Waals surface area contributed by atoms with Gasteiger partial charge in [0.2, 0.25) is 5.91 Å². The Morgan fingerprint density at radius 3 is 2.43 bits per heavy atom. The van der Waals surface area contributed by atoms with E-state index in [1.807, 2.05) is 36.4 Å². The highest BCUT2D eigenvalue weighted by Gasteiger charge is 2.23. The molecule has 0 saturated heterocycles. The lowest BCUT2D eigenvalue weighted by atomic mass is 10.2. The molecule has 0 fully saturated rings. The molecule has 0 atom stereocenters. The van der Waals surface area contributed by atoms with Crippen molar-refractivity contribution in [2.45, 2.75) is 13.1 Å². The average Bonchev–Trinajstić information content (AvgIpc) is 3.26. The largest absolute Gasteiger partial charge is 0.467 e. The van der Waals surface area contributed by atoms with E-state index in [2.05, 4.69) is 6.58 Å². The Morgan fingerprint density at radius 1 is 0.967 bits per heavy atom. The molecule has 0 bridgehead atoms. The van der Waals surface area contributed by atoms with Crippen molar-refractivity contribution in [1.82, 2.24) is 9.80 Å². The monoisotopic (exact) mass is 422 g/mol. The normalized spacial score (nSPS) is 10.4. The van der Waals surface area contributed by atoms with Gasteiger partial charge in [0, 0.05) is 23.7 Å². The van der Waals surface area contributed by atoms with Crippen LogP contribution in [0.5, 0.6) is 0 Å². The Kier molecular flexibility index (Phi) is 7.46. The number of amides is 2. The highest BCUT2D eigenvalue weighted by atomic mass is 35.5. The van der Waals surface area contributed by atoms with Gasteiger partial charge in [-0.05, 0) is 35.9 Å². The van der Waals surface area contributed by atoms with E-state index in [0.29, 0.717) is 29.4 Å². The van der Waals surface area contributed by atoms with Crippen LogP contribution in [0.3, 0.4) is 0 Å². The smallest absolute Gasteiger partial charge is 0.254 e. The summed E-state index contributed by atoms with van der Waals surface area (Å²) in [4.78, 5) is 29.3. The quantitative estimate of drug-likeness (QED) is 0.466. The van der Waals surface area contributed by atoms with Crippen molar-refractivity contribution in [3.05, 3.63) is 108 Å². The molecule has 0 aliphatic heterocycles. The predicted octanol–water partition coefficient (Wildman–Crippen LogP) is 4.79. The van der Waals surface area contributed by atoms with Gasteiger partial charge in [-0.2, -0.15) is 0 Å². The summed E-state index contributed by atoms with van der Waals surface area (Å²) in [5, 5.41) is 0.467. The fourth-order valence-electron chi connectivity index (χ4n) is 3.07. The maximum Gasteiger partial charge on any atom is 0.254 e. The van der Waals surface area contributed by atoms with Gasteiger partial charge in [0.05, 0.1) is 12.8 Å². The van der Waals surface area contributed by atoms with Crippen molar-refractivity contribution >= 4 is 23.4 Å². The molecule has 0 radical (unpaired) electrons. The van der Waals surface area contributed by atoms with Crippen LogP contribution in [0.1, 0.15) is 21.7 Å². The number of halogens is 1. The number of benzene rings is 2. The van der Waals surface area contributed by atoms with Gasteiger partial charge in [-0.25, -0.2) is 0 Å². The number of carbonyl (C=O) groups excluding carboxylic acids is 2. The van der Waals surface area contributed by atoms with Crippen molar-refractivity contribution in [3.63, 3.8) is 0 Å².